The lowest BCUT2D eigenvalue weighted by atomic mass is 10.3. The van der Waals surface area contributed by atoms with Crippen LogP contribution in [0.4, 0.5) is 10.8 Å². The molecule has 0 bridgehead atoms. The third kappa shape index (κ3) is 5.00. The van der Waals surface area contributed by atoms with Gasteiger partial charge in [0.05, 0.1) is 40.2 Å². The summed E-state index contributed by atoms with van der Waals surface area (Å²) in [4.78, 5) is 42.0. The first-order valence-electron chi connectivity index (χ1n) is 10.3. The van der Waals surface area contributed by atoms with Crippen LogP contribution in [0.15, 0.2) is 53.3 Å². The molecular weight excluding hydrogens is 474 g/mol. The molecule has 0 aliphatic rings. The van der Waals surface area contributed by atoms with Crippen LogP contribution in [0.2, 0.25) is 0 Å². The predicted octanol–water partition coefficient (Wildman–Crippen LogP) is 3.41. The smallest absolute Gasteiger partial charge is 0.295 e. The summed E-state index contributed by atoms with van der Waals surface area (Å²) in [5.41, 5.74) is 2.03. The van der Waals surface area contributed by atoms with E-state index in [0.29, 0.717) is 16.5 Å². The minimum atomic E-state index is -0.351. The van der Waals surface area contributed by atoms with E-state index >= 15 is 0 Å². The van der Waals surface area contributed by atoms with Crippen LogP contribution in [-0.2, 0) is 16.6 Å². The highest BCUT2D eigenvalue weighted by Crippen LogP contribution is 2.29. The average molecular weight is 498 g/mol. The number of hydrogen-bond donors (Lipinski definition) is 2. The van der Waals surface area contributed by atoms with E-state index in [2.05, 4.69) is 15.6 Å². The van der Waals surface area contributed by atoms with Gasteiger partial charge in [-0.2, -0.15) is 0 Å². The molecule has 0 spiro atoms. The van der Waals surface area contributed by atoms with Crippen molar-refractivity contribution < 1.29 is 14.3 Å². The van der Waals surface area contributed by atoms with Crippen molar-refractivity contribution in [1.29, 1.82) is 0 Å². The van der Waals surface area contributed by atoms with Crippen molar-refractivity contribution in [3.8, 4) is 11.4 Å². The summed E-state index contributed by atoms with van der Waals surface area (Å²) >= 11 is 2.51. The fraction of sp³-hybridized carbons (Fsp3) is 0.217. The van der Waals surface area contributed by atoms with Crippen LogP contribution in [0.3, 0.4) is 0 Å². The predicted molar refractivity (Wildman–Crippen MR) is 137 cm³/mol. The molecule has 2 aromatic heterocycles. The SMILES string of the molecule is COc1ccc2nc(NC(=O)CSCC(=O)Nc3c(C)n(C)n(-c4ccccc4)c3=O)sc2c1. The number of aromatic nitrogens is 3. The number of methoxy groups -OCH3 is 1. The molecule has 2 N–H and O–H groups in total. The number of fused-ring (bicyclic) bond motifs is 1. The zero-order chi connectivity index (χ0) is 24.2. The Morgan fingerprint density at radius 2 is 1.79 bits per heavy atom. The number of thiazole rings is 1. The van der Waals surface area contributed by atoms with Gasteiger partial charge in [0.2, 0.25) is 11.8 Å². The van der Waals surface area contributed by atoms with Crippen molar-refractivity contribution >= 4 is 55.9 Å². The number of benzene rings is 2. The second kappa shape index (κ2) is 10.1. The number of nitrogens with one attached hydrogen (secondary N) is 2. The Morgan fingerprint density at radius 1 is 1.09 bits per heavy atom. The van der Waals surface area contributed by atoms with Gasteiger partial charge in [0, 0.05) is 7.05 Å². The van der Waals surface area contributed by atoms with Crippen LogP contribution < -0.4 is 20.9 Å². The molecule has 0 aliphatic carbocycles. The van der Waals surface area contributed by atoms with Crippen LogP contribution in [0.1, 0.15) is 5.69 Å². The number of thioether (sulfide) groups is 1. The van der Waals surface area contributed by atoms with Crippen LogP contribution in [0.25, 0.3) is 15.9 Å². The monoisotopic (exact) mass is 497 g/mol. The molecule has 2 heterocycles. The number of ether oxygens (including phenoxy) is 1. The molecule has 11 heteroatoms. The second-order valence-corrected chi connectivity index (χ2v) is 9.39. The third-order valence-corrected chi connectivity index (χ3v) is 6.99. The Bertz CT molecular complexity index is 1410. The van der Waals surface area contributed by atoms with Crippen LogP contribution in [-0.4, -0.2) is 44.8 Å². The first-order valence-corrected chi connectivity index (χ1v) is 12.3. The fourth-order valence-corrected chi connectivity index (χ4v) is 4.89. The van der Waals surface area contributed by atoms with E-state index in [1.165, 1.54) is 16.0 Å². The summed E-state index contributed by atoms with van der Waals surface area (Å²) in [5.74, 6) is 0.222. The normalized spacial score (nSPS) is 10.9. The lowest BCUT2D eigenvalue weighted by Crippen LogP contribution is -2.24. The molecule has 0 aliphatic heterocycles. The maximum Gasteiger partial charge on any atom is 0.295 e. The number of rotatable bonds is 8. The van der Waals surface area contributed by atoms with Crippen molar-refractivity contribution in [2.75, 3.05) is 29.2 Å². The highest BCUT2D eigenvalue weighted by molar-refractivity contribution is 8.00. The van der Waals surface area contributed by atoms with Gasteiger partial charge in [0.15, 0.2) is 5.13 Å². The van der Waals surface area contributed by atoms with Crippen LogP contribution >= 0.6 is 23.1 Å². The van der Waals surface area contributed by atoms with Gasteiger partial charge in [-0.3, -0.25) is 19.1 Å². The quantitative estimate of drug-likeness (QED) is 0.386. The zero-order valence-corrected chi connectivity index (χ0v) is 20.5. The van der Waals surface area contributed by atoms with Gasteiger partial charge in [0.1, 0.15) is 11.4 Å². The lowest BCUT2D eigenvalue weighted by molar-refractivity contribution is -0.114. The first-order chi connectivity index (χ1) is 16.4. The van der Waals surface area contributed by atoms with E-state index in [9.17, 15) is 14.4 Å². The number of carbonyl (C=O) groups is 2. The van der Waals surface area contributed by atoms with E-state index in [0.717, 1.165) is 27.7 Å². The number of anilines is 2. The van der Waals surface area contributed by atoms with Gasteiger partial charge >= 0.3 is 0 Å². The minimum Gasteiger partial charge on any atom is -0.497 e. The molecule has 0 unspecified atom stereocenters. The minimum absolute atomic E-state index is 0.0313. The molecule has 4 aromatic rings. The topological polar surface area (TPSA) is 107 Å². The van der Waals surface area contributed by atoms with Gasteiger partial charge in [-0.1, -0.05) is 29.5 Å². The van der Waals surface area contributed by atoms with E-state index in [4.69, 9.17) is 4.74 Å². The molecule has 0 radical (unpaired) electrons. The van der Waals surface area contributed by atoms with Crippen molar-refractivity contribution in [3.63, 3.8) is 0 Å². The summed E-state index contributed by atoms with van der Waals surface area (Å²) in [5, 5.41) is 5.94. The van der Waals surface area contributed by atoms with Crippen molar-refractivity contribution in [3.05, 3.63) is 64.6 Å². The number of carbonyl (C=O) groups excluding carboxylic acids is 2. The van der Waals surface area contributed by atoms with E-state index in [-0.39, 0.29) is 34.6 Å². The Hall–Kier alpha value is -3.57. The molecule has 34 heavy (non-hydrogen) atoms. The van der Waals surface area contributed by atoms with Gasteiger partial charge in [0.25, 0.3) is 5.56 Å². The lowest BCUT2D eigenvalue weighted by Gasteiger charge is -2.07. The number of para-hydroxylation sites is 1. The van der Waals surface area contributed by atoms with Gasteiger partial charge in [-0.15, -0.1) is 11.8 Å². The Kier molecular flexibility index (Phi) is 7.03. The fourth-order valence-electron chi connectivity index (χ4n) is 3.36. The maximum absolute atomic E-state index is 12.9. The summed E-state index contributed by atoms with van der Waals surface area (Å²) < 4.78 is 9.30. The first kappa shape index (κ1) is 23.6. The second-order valence-electron chi connectivity index (χ2n) is 7.38. The van der Waals surface area contributed by atoms with Crippen LogP contribution in [0.5, 0.6) is 5.75 Å². The van der Waals surface area contributed by atoms with E-state index in [1.807, 2.05) is 48.5 Å². The molecule has 0 atom stereocenters. The van der Waals surface area contributed by atoms with Crippen molar-refractivity contribution in [2.45, 2.75) is 6.92 Å². The zero-order valence-electron chi connectivity index (χ0n) is 18.8. The summed E-state index contributed by atoms with van der Waals surface area (Å²) in [6, 6.07) is 14.7. The highest BCUT2D eigenvalue weighted by atomic mass is 32.2. The Labute approximate surface area is 203 Å². The summed E-state index contributed by atoms with van der Waals surface area (Å²) in [7, 11) is 3.35. The molecule has 2 aromatic carbocycles. The molecule has 9 nitrogen and oxygen atoms in total. The molecule has 2 amide bonds. The number of hydrogen-bond acceptors (Lipinski definition) is 7. The maximum atomic E-state index is 12.9. The molecule has 0 saturated carbocycles. The highest BCUT2D eigenvalue weighted by Gasteiger charge is 2.18. The largest absolute Gasteiger partial charge is 0.497 e. The van der Waals surface area contributed by atoms with E-state index in [1.54, 1.807) is 25.8 Å². The molecule has 176 valence electrons. The summed E-state index contributed by atoms with van der Waals surface area (Å²) in [6.07, 6.45) is 0. The van der Waals surface area contributed by atoms with Gasteiger partial charge < -0.3 is 15.4 Å². The third-order valence-electron chi connectivity index (χ3n) is 5.13. The van der Waals surface area contributed by atoms with Crippen molar-refractivity contribution in [1.82, 2.24) is 14.3 Å². The van der Waals surface area contributed by atoms with Crippen LogP contribution in [0, 0.1) is 6.92 Å². The van der Waals surface area contributed by atoms with Gasteiger partial charge in [-0.25, -0.2) is 9.67 Å². The number of nitrogens with zero attached hydrogens (tertiary/aromatic N) is 3. The molecule has 0 saturated heterocycles. The Balaban J connectivity index is 1.32. The Morgan fingerprint density at radius 3 is 2.50 bits per heavy atom. The molecule has 4 rings (SSSR count). The molecule has 0 fully saturated rings. The average Bonchev–Trinajstić information content (AvgIpc) is 3.32. The van der Waals surface area contributed by atoms with Gasteiger partial charge in [-0.05, 0) is 37.3 Å². The standard InChI is InChI=1S/C23H23N5O4S2/c1-14-21(22(31)28(27(14)2)15-7-5-4-6-8-15)25-19(29)12-33-13-20(30)26-23-24-17-10-9-16(32-3)11-18(17)34-23/h4-11H,12-13H2,1-3H3,(H,25,29)(H,24,26,30). The molecular formula is C23H23N5O4S2. The number of amides is 2. The van der Waals surface area contributed by atoms with Crippen molar-refractivity contribution in [2.24, 2.45) is 7.05 Å². The van der Waals surface area contributed by atoms with E-state index < -0.39 is 0 Å². The summed E-state index contributed by atoms with van der Waals surface area (Å²) in [6.45, 7) is 1.77.